The van der Waals surface area contributed by atoms with Crippen molar-refractivity contribution in [2.24, 2.45) is 5.41 Å². The Kier molecular flexibility index (Phi) is 2.34. The van der Waals surface area contributed by atoms with Crippen LogP contribution >= 0.6 is 0 Å². The molecular formula is C16H22. The van der Waals surface area contributed by atoms with E-state index in [-0.39, 0.29) is 0 Å². The molecule has 0 bridgehead atoms. The third-order valence-electron chi connectivity index (χ3n) is 4.86. The molecule has 0 spiro atoms. The molecular weight excluding hydrogens is 192 g/mol. The van der Waals surface area contributed by atoms with Crippen molar-refractivity contribution in [2.75, 3.05) is 0 Å². The highest BCUT2D eigenvalue weighted by Crippen LogP contribution is 2.54. The lowest BCUT2D eigenvalue weighted by Gasteiger charge is -2.44. The van der Waals surface area contributed by atoms with Gasteiger partial charge in [-0.05, 0) is 56.6 Å². The van der Waals surface area contributed by atoms with E-state index in [9.17, 15) is 0 Å². The monoisotopic (exact) mass is 214 g/mol. The second kappa shape index (κ2) is 3.61. The molecule has 3 rings (SSSR count). The van der Waals surface area contributed by atoms with Crippen LogP contribution < -0.4 is 0 Å². The highest BCUT2D eigenvalue weighted by molar-refractivity contribution is 5.52. The largest absolute Gasteiger partial charge is 0.0689 e. The first-order chi connectivity index (χ1) is 7.72. The lowest BCUT2D eigenvalue weighted by molar-refractivity contribution is 0.352. The Morgan fingerprint density at radius 3 is 2.75 bits per heavy atom. The molecule has 3 aliphatic carbocycles. The molecule has 0 saturated heterocycles. The van der Waals surface area contributed by atoms with Gasteiger partial charge < -0.3 is 0 Å². The van der Waals surface area contributed by atoms with Gasteiger partial charge in [-0.15, -0.1) is 0 Å². The van der Waals surface area contributed by atoms with Crippen LogP contribution in [0.4, 0.5) is 0 Å². The van der Waals surface area contributed by atoms with Gasteiger partial charge in [0.25, 0.3) is 0 Å². The van der Waals surface area contributed by atoms with E-state index in [1.807, 2.05) is 0 Å². The van der Waals surface area contributed by atoms with Crippen LogP contribution in [0.1, 0.15) is 58.8 Å². The van der Waals surface area contributed by atoms with Gasteiger partial charge in [0.1, 0.15) is 0 Å². The lowest BCUT2D eigenvalue weighted by atomic mass is 9.60. The zero-order chi connectivity index (χ0) is 11.2. The molecule has 3 aliphatic rings. The molecule has 0 heteroatoms. The summed E-state index contributed by atoms with van der Waals surface area (Å²) in [6.07, 6.45) is 14.4. The number of fused-ring (bicyclic) bond motifs is 3. The Labute approximate surface area is 99.1 Å². The molecule has 0 aromatic heterocycles. The second-order valence-electron chi connectivity index (χ2n) is 5.93. The van der Waals surface area contributed by atoms with Crippen LogP contribution in [-0.2, 0) is 0 Å². The fraction of sp³-hybridized carbons (Fsp3) is 0.625. The molecule has 0 radical (unpaired) electrons. The Morgan fingerprint density at radius 2 is 1.88 bits per heavy atom. The van der Waals surface area contributed by atoms with E-state index in [1.165, 1.54) is 44.9 Å². The van der Waals surface area contributed by atoms with E-state index in [0.29, 0.717) is 5.41 Å². The highest BCUT2D eigenvalue weighted by Gasteiger charge is 2.39. The molecule has 16 heavy (non-hydrogen) atoms. The van der Waals surface area contributed by atoms with Crippen LogP contribution in [0.25, 0.3) is 0 Å². The maximum Gasteiger partial charge on any atom is 0.0139 e. The van der Waals surface area contributed by atoms with Crippen LogP contribution in [-0.4, -0.2) is 0 Å². The molecule has 86 valence electrons. The molecule has 0 aromatic rings. The zero-order valence-electron chi connectivity index (χ0n) is 10.6. The summed E-state index contributed by atoms with van der Waals surface area (Å²) < 4.78 is 0. The van der Waals surface area contributed by atoms with Crippen LogP contribution in [0, 0.1) is 5.41 Å². The molecule has 0 amide bonds. The molecule has 0 heterocycles. The van der Waals surface area contributed by atoms with Crippen molar-refractivity contribution in [2.45, 2.75) is 58.8 Å². The van der Waals surface area contributed by atoms with Crippen molar-refractivity contribution in [1.29, 1.82) is 0 Å². The first-order valence-electron chi connectivity index (χ1n) is 6.82. The first-order valence-corrected chi connectivity index (χ1v) is 6.82. The topological polar surface area (TPSA) is 0 Å². The van der Waals surface area contributed by atoms with Gasteiger partial charge in [-0.3, -0.25) is 0 Å². The van der Waals surface area contributed by atoms with Crippen molar-refractivity contribution < 1.29 is 0 Å². The molecule has 1 saturated carbocycles. The minimum absolute atomic E-state index is 0.410. The van der Waals surface area contributed by atoms with Crippen molar-refractivity contribution >= 4 is 0 Å². The molecule has 0 N–H and O–H groups in total. The predicted molar refractivity (Wildman–Crippen MR) is 69.3 cm³/mol. The van der Waals surface area contributed by atoms with E-state index < -0.39 is 0 Å². The van der Waals surface area contributed by atoms with E-state index in [2.05, 4.69) is 26.0 Å². The quantitative estimate of drug-likeness (QED) is 0.536. The Balaban J connectivity index is 2.14. The molecule has 0 nitrogen and oxygen atoms in total. The van der Waals surface area contributed by atoms with Gasteiger partial charge in [0.2, 0.25) is 0 Å². The first kappa shape index (κ1) is 10.4. The summed E-state index contributed by atoms with van der Waals surface area (Å²) in [7, 11) is 0. The fourth-order valence-electron chi connectivity index (χ4n) is 4.04. The van der Waals surface area contributed by atoms with Crippen molar-refractivity contribution in [3.63, 3.8) is 0 Å². The molecule has 0 unspecified atom stereocenters. The van der Waals surface area contributed by atoms with Gasteiger partial charge in [-0.2, -0.15) is 0 Å². The van der Waals surface area contributed by atoms with Gasteiger partial charge in [-0.1, -0.05) is 36.6 Å². The van der Waals surface area contributed by atoms with E-state index in [4.69, 9.17) is 0 Å². The third kappa shape index (κ3) is 1.35. The summed E-state index contributed by atoms with van der Waals surface area (Å²) in [6, 6.07) is 0. The summed E-state index contributed by atoms with van der Waals surface area (Å²) in [5, 5.41) is 0. The zero-order valence-corrected chi connectivity index (χ0v) is 10.6. The fourth-order valence-corrected chi connectivity index (χ4v) is 4.04. The Hall–Kier alpha value is -0.780. The third-order valence-corrected chi connectivity index (χ3v) is 4.86. The van der Waals surface area contributed by atoms with E-state index >= 15 is 0 Å². The van der Waals surface area contributed by atoms with Crippen molar-refractivity contribution in [1.82, 2.24) is 0 Å². The molecule has 1 atom stereocenters. The van der Waals surface area contributed by atoms with Gasteiger partial charge >= 0.3 is 0 Å². The van der Waals surface area contributed by atoms with Crippen LogP contribution in [0.5, 0.6) is 0 Å². The molecule has 1 fully saturated rings. The van der Waals surface area contributed by atoms with E-state index in [0.717, 1.165) is 0 Å². The molecule has 0 aromatic carbocycles. The van der Waals surface area contributed by atoms with Gasteiger partial charge in [0, 0.05) is 5.41 Å². The summed E-state index contributed by atoms with van der Waals surface area (Å²) in [5.74, 6) is 0. The normalized spacial score (nSPS) is 33.9. The number of allylic oxidation sites excluding steroid dienone is 6. The average Bonchev–Trinajstić information content (AvgIpc) is 2.28. The maximum absolute atomic E-state index is 2.50. The smallest absolute Gasteiger partial charge is 0.0139 e. The number of hydrogen-bond acceptors (Lipinski definition) is 0. The van der Waals surface area contributed by atoms with Crippen LogP contribution in [0.3, 0.4) is 0 Å². The average molecular weight is 214 g/mol. The van der Waals surface area contributed by atoms with Crippen molar-refractivity contribution in [3.05, 3.63) is 34.4 Å². The second-order valence-corrected chi connectivity index (χ2v) is 5.93. The number of rotatable bonds is 0. The van der Waals surface area contributed by atoms with Gasteiger partial charge in [0.05, 0.1) is 0 Å². The maximum atomic E-state index is 2.50. The SMILES string of the molecule is CC1=C2C(=CC=C3CCCC[C@]32C)CCC1. The van der Waals surface area contributed by atoms with Gasteiger partial charge in [-0.25, -0.2) is 0 Å². The van der Waals surface area contributed by atoms with E-state index in [1.54, 1.807) is 22.3 Å². The summed E-state index contributed by atoms with van der Waals surface area (Å²) >= 11 is 0. The minimum Gasteiger partial charge on any atom is -0.0689 e. The minimum atomic E-state index is 0.410. The summed E-state index contributed by atoms with van der Waals surface area (Å²) in [5.41, 5.74) is 7.17. The van der Waals surface area contributed by atoms with Crippen molar-refractivity contribution in [3.8, 4) is 0 Å². The molecule has 0 aliphatic heterocycles. The van der Waals surface area contributed by atoms with Crippen LogP contribution in [0.2, 0.25) is 0 Å². The Morgan fingerprint density at radius 1 is 1.00 bits per heavy atom. The predicted octanol–water partition coefficient (Wildman–Crippen LogP) is 4.93. The number of hydrogen-bond donors (Lipinski definition) is 0. The summed E-state index contributed by atoms with van der Waals surface area (Å²) in [4.78, 5) is 0. The standard InChI is InChI=1S/C16H22/c1-12-6-5-7-13-9-10-14-8-3-4-11-16(14,2)15(12)13/h9-10H,3-8,11H2,1-2H3/t16-/m1/s1. The Bertz CT molecular complexity index is 406. The van der Waals surface area contributed by atoms with Crippen LogP contribution in [0.15, 0.2) is 34.4 Å². The summed E-state index contributed by atoms with van der Waals surface area (Å²) in [6.45, 7) is 4.86. The highest BCUT2D eigenvalue weighted by atomic mass is 14.4. The van der Waals surface area contributed by atoms with Gasteiger partial charge in [0.15, 0.2) is 0 Å². The lowest BCUT2D eigenvalue weighted by Crippen LogP contribution is -2.30.